The maximum atomic E-state index is 12.6. The predicted octanol–water partition coefficient (Wildman–Crippen LogP) is 4.46. The van der Waals surface area contributed by atoms with E-state index in [-0.39, 0.29) is 11.3 Å². The Bertz CT molecular complexity index is 970. The van der Waals surface area contributed by atoms with Crippen LogP contribution in [0.5, 0.6) is 17.2 Å². The summed E-state index contributed by atoms with van der Waals surface area (Å²) in [5.74, 6) is 3.29. The maximum Gasteiger partial charge on any atom is 0.223 e. The van der Waals surface area contributed by atoms with Gasteiger partial charge in [0.25, 0.3) is 0 Å². The number of ether oxygens (including phenoxy) is 2. The number of aliphatic imine (C=N–C) groups is 1. The Morgan fingerprint density at radius 3 is 2.50 bits per heavy atom. The molecule has 1 saturated heterocycles. The van der Waals surface area contributed by atoms with Crippen LogP contribution < -0.4 is 9.47 Å². The third-order valence-electron chi connectivity index (χ3n) is 5.35. The highest BCUT2D eigenvalue weighted by Gasteiger charge is 2.29. The summed E-state index contributed by atoms with van der Waals surface area (Å²) in [7, 11) is 1.65. The molecule has 2 heterocycles. The van der Waals surface area contributed by atoms with E-state index in [1.165, 1.54) is 0 Å². The van der Waals surface area contributed by atoms with Crippen LogP contribution in [-0.2, 0) is 4.79 Å². The van der Waals surface area contributed by atoms with E-state index in [9.17, 15) is 4.79 Å². The Morgan fingerprint density at radius 2 is 1.80 bits per heavy atom. The first-order valence-corrected chi connectivity index (χ1v) is 10.4. The van der Waals surface area contributed by atoms with Crippen LogP contribution in [0.4, 0.5) is 5.69 Å². The van der Waals surface area contributed by atoms with Gasteiger partial charge in [-0.2, -0.15) is 0 Å². The molecule has 0 spiro atoms. The number of amidine groups is 1. The molecule has 4 rings (SSSR count). The van der Waals surface area contributed by atoms with E-state index in [0.717, 1.165) is 47.4 Å². The summed E-state index contributed by atoms with van der Waals surface area (Å²) in [6.07, 6.45) is 0.567. The van der Waals surface area contributed by atoms with Gasteiger partial charge in [0.05, 0.1) is 12.7 Å². The monoisotopic (exact) mass is 407 g/mol. The van der Waals surface area contributed by atoms with Gasteiger partial charge in [0.1, 0.15) is 23.0 Å². The summed E-state index contributed by atoms with van der Waals surface area (Å²) >= 11 is 0. The minimum atomic E-state index is -0.00136. The van der Waals surface area contributed by atoms with Gasteiger partial charge in [0.2, 0.25) is 5.91 Å². The molecular formula is C24H29N3O3. The zero-order valence-electron chi connectivity index (χ0n) is 18.1. The number of carbonyl (C=O) groups excluding carboxylic acids is 1. The molecule has 1 amide bonds. The van der Waals surface area contributed by atoms with Crippen molar-refractivity contribution in [2.45, 2.75) is 27.2 Å². The van der Waals surface area contributed by atoms with Crippen molar-refractivity contribution < 1.29 is 14.3 Å². The number of carbonyl (C=O) groups is 1. The molecule has 2 aliphatic rings. The van der Waals surface area contributed by atoms with E-state index in [4.69, 9.17) is 14.5 Å². The second-order valence-electron chi connectivity index (χ2n) is 8.97. The first-order chi connectivity index (χ1) is 14.3. The van der Waals surface area contributed by atoms with E-state index in [0.29, 0.717) is 19.5 Å². The Morgan fingerprint density at radius 1 is 1.07 bits per heavy atom. The van der Waals surface area contributed by atoms with Crippen molar-refractivity contribution >= 4 is 17.4 Å². The fourth-order valence-electron chi connectivity index (χ4n) is 3.80. The average molecular weight is 408 g/mol. The van der Waals surface area contributed by atoms with Gasteiger partial charge in [0.15, 0.2) is 5.75 Å². The number of amides is 1. The molecular weight excluding hydrogens is 378 g/mol. The number of para-hydroxylation sites is 2. The van der Waals surface area contributed by atoms with E-state index in [2.05, 4.69) is 25.7 Å². The van der Waals surface area contributed by atoms with Gasteiger partial charge in [-0.15, -0.1) is 0 Å². The van der Waals surface area contributed by atoms with Crippen molar-refractivity contribution in [3.8, 4) is 17.2 Å². The Labute approximate surface area is 178 Å². The quantitative estimate of drug-likeness (QED) is 0.738. The average Bonchev–Trinajstić information content (AvgIpc) is 2.88. The number of rotatable bonds is 2. The zero-order valence-corrected chi connectivity index (χ0v) is 18.1. The molecule has 0 saturated carbocycles. The van der Waals surface area contributed by atoms with Crippen LogP contribution in [0, 0.1) is 5.41 Å². The first kappa shape index (κ1) is 20.3. The molecule has 0 N–H and O–H groups in total. The predicted molar refractivity (Wildman–Crippen MR) is 118 cm³/mol. The fourth-order valence-corrected chi connectivity index (χ4v) is 3.80. The van der Waals surface area contributed by atoms with Crippen LogP contribution >= 0.6 is 0 Å². The number of hydrogen-bond acceptors (Lipinski definition) is 5. The lowest BCUT2D eigenvalue weighted by atomic mass is 9.91. The summed E-state index contributed by atoms with van der Waals surface area (Å²) in [4.78, 5) is 21.8. The molecule has 6 nitrogen and oxygen atoms in total. The van der Waals surface area contributed by atoms with Crippen LogP contribution in [-0.4, -0.2) is 54.8 Å². The lowest BCUT2D eigenvalue weighted by molar-refractivity contribution is -0.134. The molecule has 6 heteroatoms. The third kappa shape index (κ3) is 4.27. The summed E-state index contributed by atoms with van der Waals surface area (Å²) in [5, 5.41) is 0. The van der Waals surface area contributed by atoms with Gasteiger partial charge >= 0.3 is 0 Å². The highest BCUT2D eigenvalue weighted by Crippen LogP contribution is 2.39. The largest absolute Gasteiger partial charge is 0.497 e. The Hall–Kier alpha value is -3.02. The standard InChI is InChI=1S/C24H29N3O3/c1-24(2,3)16-22(28)26-11-13-27(14-12-26)23-18-10-9-17(29-4)15-21(18)30-20-8-6-5-7-19(20)25-23/h5-10,15H,11-14,16H2,1-4H3. The molecule has 2 aromatic carbocycles. The van der Waals surface area contributed by atoms with E-state index in [1.54, 1.807) is 7.11 Å². The molecule has 0 bridgehead atoms. The number of hydrogen-bond donors (Lipinski definition) is 0. The molecule has 2 aliphatic heterocycles. The van der Waals surface area contributed by atoms with Crippen molar-refractivity contribution in [1.29, 1.82) is 0 Å². The van der Waals surface area contributed by atoms with Crippen LogP contribution in [0.25, 0.3) is 0 Å². The van der Waals surface area contributed by atoms with Gasteiger partial charge in [-0.3, -0.25) is 4.79 Å². The highest BCUT2D eigenvalue weighted by molar-refractivity contribution is 6.04. The summed E-state index contributed by atoms with van der Waals surface area (Å²) < 4.78 is 11.6. The molecule has 0 aromatic heterocycles. The molecule has 0 atom stereocenters. The number of nitrogens with zero attached hydrogens (tertiary/aromatic N) is 3. The lowest BCUT2D eigenvalue weighted by Gasteiger charge is -2.37. The van der Waals surface area contributed by atoms with E-state index in [1.807, 2.05) is 47.4 Å². The van der Waals surface area contributed by atoms with Crippen LogP contribution in [0.2, 0.25) is 0 Å². The lowest BCUT2D eigenvalue weighted by Crippen LogP contribution is -2.51. The van der Waals surface area contributed by atoms with Gasteiger partial charge in [-0.25, -0.2) is 4.99 Å². The Balaban J connectivity index is 1.61. The van der Waals surface area contributed by atoms with Crippen molar-refractivity contribution in [1.82, 2.24) is 9.80 Å². The van der Waals surface area contributed by atoms with Crippen LogP contribution in [0.1, 0.15) is 32.8 Å². The number of piperazine rings is 1. The van der Waals surface area contributed by atoms with E-state index >= 15 is 0 Å². The molecule has 2 aromatic rings. The topological polar surface area (TPSA) is 54.4 Å². The molecule has 0 aliphatic carbocycles. The normalized spacial score (nSPS) is 16.1. The molecule has 0 unspecified atom stereocenters. The van der Waals surface area contributed by atoms with Gasteiger partial charge in [0, 0.05) is 38.7 Å². The number of benzene rings is 2. The maximum absolute atomic E-state index is 12.6. The minimum absolute atomic E-state index is 0.00136. The van der Waals surface area contributed by atoms with E-state index < -0.39 is 0 Å². The molecule has 30 heavy (non-hydrogen) atoms. The second-order valence-corrected chi connectivity index (χ2v) is 8.97. The second kappa shape index (κ2) is 8.01. The number of fused-ring (bicyclic) bond motifs is 2. The first-order valence-electron chi connectivity index (χ1n) is 10.4. The van der Waals surface area contributed by atoms with Crippen LogP contribution in [0.15, 0.2) is 47.5 Å². The number of methoxy groups -OCH3 is 1. The minimum Gasteiger partial charge on any atom is -0.497 e. The highest BCUT2D eigenvalue weighted by atomic mass is 16.5. The third-order valence-corrected chi connectivity index (χ3v) is 5.35. The summed E-state index contributed by atoms with van der Waals surface area (Å²) in [6.45, 7) is 9.17. The summed E-state index contributed by atoms with van der Waals surface area (Å²) in [5.41, 5.74) is 1.73. The zero-order chi connectivity index (χ0) is 21.3. The van der Waals surface area contributed by atoms with Gasteiger partial charge in [-0.1, -0.05) is 32.9 Å². The van der Waals surface area contributed by atoms with Gasteiger partial charge < -0.3 is 19.3 Å². The van der Waals surface area contributed by atoms with Crippen molar-refractivity contribution in [3.05, 3.63) is 48.0 Å². The van der Waals surface area contributed by atoms with Crippen LogP contribution in [0.3, 0.4) is 0 Å². The SMILES string of the molecule is COc1ccc2c(c1)Oc1ccccc1N=C2N1CCN(C(=O)CC(C)(C)C)CC1. The molecule has 158 valence electrons. The fraction of sp³-hybridized carbons (Fsp3) is 0.417. The van der Waals surface area contributed by atoms with Crippen molar-refractivity contribution in [2.75, 3.05) is 33.3 Å². The van der Waals surface area contributed by atoms with Gasteiger partial charge in [-0.05, 0) is 29.7 Å². The smallest absolute Gasteiger partial charge is 0.223 e. The summed E-state index contributed by atoms with van der Waals surface area (Å²) in [6, 6.07) is 13.6. The van der Waals surface area contributed by atoms with Crippen molar-refractivity contribution in [2.24, 2.45) is 10.4 Å². The molecule has 1 fully saturated rings. The Kier molecular flexibility index (Phi) is 5.41. The van der Waals surface area contributed by atoms with Crippen molar-refractivity contribution in [3.63, 3.8) is 0 Å². The molecule has 0 radical (unpaired) electrons.